The van der Waals surface area contributed by atoms with Crippen LogP contribution in [0.2, 0.25) is 0 Å². The molecule has 0 aliphatic carbocycles. The summed E-state index contributed by atoms with van der Waals surface area (Å²) < 4.78 is 5.39. The monoisotopic (exact) mass is 201 g/mol. The number of nitrogens with zero attached hydrogens (tertiary/aromatic N) is 1. The van der Waals surface area contributed by atoms with E-state index in [0.717, 1.165) is 26.0 Å². The first-order valence-electron chi connectivity index (χ1n) is 5.43. The number of carbonyl (C=O) groups excluding carboxylic acids is 1. The summed E-state index contributed by atoms with van der Waals surface area (Å²) in [6.45, 7) is 7.60. The van der Waals surface area contributed by atoms with Gasteiger partial charge in [-0.05, 0) is 26.7 Å². The van der Waals surface area contributed by atoms with E-state index in [1.807, 2.05) is 27.8 Å². The third kappa shape index (κ3) is 6.89. The summed E-state index contributed by atoms with van der Waals surface area (Å²) in [5.74, 6) is 0.233. The van der Waals surface area contributed by atoms with Crippen LogP contribution in [0.4, 0.5) is 0 Å². The average molecular weight is 201 g/mol. The number of ether oxygens (including phenoxy) is 1. The molecule has 0 saturated heterocycles. The molecule has 0 atom stereocenters. The maximum atomic E-state index is 11.4. The Balaban J connectivity index is 3.43. The van der Waals surface area contributed by atoms with E-state index in [1.165, 1.54) is 0 Å². The lowest BCUT2D eigenvalue weighted by molar-refractivity contribution is -0.130. The summed E-state index contributed by atoms with van der Waals surface area (Å²) in [5, 5.41) is 0. The summed E-state index contributed by atoms with van der Waals surface area (Å²) >= 11 is 0. The predicted molar refractivity (Wildman–Crippen MR) is 58.3 cm³/mol. The van der Waals surface area contributed by atoms with Crippen LogP contribution in [0, 0.1) is 0 Å². The predicted octanol–water partition coefficient (Wildman–Crippen LogP) is 2.06. The second kappa shape index (κ2) is 7.80. The van der Waals surface area contributed by atoms with Gasteiger partial charge in [-0.2, -0.15) is 0 Å². The molecule has 84 valence electrons. The lowest BCUT2D eigenvalue weighted by atomic mass is 10.3. The zero-order chi connectivity index (χ0) is 11.0. The third-order valence-corrected chi connectivity index (χ3v) is 1.98. The fourth-order valence-electron chi connectivity index (χ4n) is 1.15. The summed E-state index contributed by atoms with van der Waals surface area (Å²) in [6, 6.07) is 0. The van der Waals surface area contributed by atoms with E-state index in [1.54, 1.807) is 4.90 Å². The molecule has 14 heavy (non-hydrogen) atoms. The van der Waals surface area contributed by atoms with Crippen molar-refractivity contribution in [3.8, 4) is 0 Å². The third-order valence-electron chi connectivity index (χ3n) is 1.98. The van der Waals surface area contributed by atoms with Crippen LogP contribution in [0.1, 0.15) is 40.0 Å². The van der Waals surface area contributed by atoms with Crippen molar-refractivity contribution < 1.29 is 9.53 Å². The van der Waals surface area contributed by atoms with E-state index >= 15 is 0 Å². The van der Waals surface area contributed by atoms with E-state index in [9.17, 15) is 4.79 Å². The molecule has 0 radical (unpaired) electrons. The van der Waals surface area contributed by atoms with Gasteiger partial charge in [-0.3, -0.25) is 4.79 Å². The molecule has 3 heteroatoms. The lowest BCUT2D eigenvalue weighted by Gasteiger charge is -2.17. The first kappa shape index (κ1) is 13.4. The highest BCUT2D eigenvalue weighted by molar-refractivity contribution is 5.75. The Morgan fingerprint density at radius 1 is 1.43 bits per heavy atom. The minimum atomic E-state index is 0.233. The summed E-state index contributed by atoms with van der Waals surface area (Å²) in [6.07, 6.45) is 2.78. The Labute approximate surface area is 87.4 Å². The molecule has 0 spiro atoms. The highest BCUT2D eigenvalue weighted by Gasteiger charge is 2.06. The number of rotatable bonds is 7. The largest absolute Gasteiger partial charge is 0.379 e. The molecule has 0 rings (SSSR count). The number of carbonyl (C=O) groups is 1. The van der Waals surface area contributed by atoms with Gasteiger partial charge < -0.3 is 9.64 Å². The van der Waals surface area contributed by atoms with Crippen molar-refractivity contribution in [2.75, 3.05) is 20.2 Å². The summed E-state index contributed by atoms with van der Waals surface area (Å²) in [7, 11) is 1.85. The van der Waals surface area contributed by atoms with Crippen LogP contribution in [-0.4, -0.2) is 37.1 Å². The maximum Gasteiger partial charge on any atom is 0.222 e. The van der Waals surface area contributed by atoms with Gasteiger partial charge in [-0.25, -0.2) is 0 Å². The van der Waals surface area contributed by atoms with Crippen LogP contribution in [0.5, 0.6) is 0 Å². The molecule has 0 saturated carbocycles. The van der Waals surface area contributed by atoms with E-state index in [0.29, 0.717) is 6.42 Å². The molecule has 0 heterocycles. The molecule has 1 amide bonds. The number of hydrogen-bond donors (Lipinski definition) is 0. The van der Waals surface area contributed by atoms with Crippen molar-refractivity contribution in [3.05, 3.63) is 0 Å². The quantitative estimate of drug-likeness (QED) is 0.590. The summed E-state index contributed by atoms with van der Waals surface area (Å²) in [5.41, 5.74) is 0. The fourth-order valence-corrected chi connectivity index (χ4v) is 1.15. The Morgan fingerprint density at radius 3 is 2.57 bits per heavy atom. The van der Waals surface area contributed by atoms with Crippen LogP contribution in [0.15, 0.2) is 0 Å². The number of amides is 1. The standard InChI is InChI=1S/C11H23NO2/c1-5-7-11(13)12(4)8-6-9-14-10(2)3/h10H,5-9H2,1-4H3. The smallest absolute Gasteiger partial charge is 0.222 e. The highest BCUT2D eigenvalue weighted by atomic mass is 16.5. The van der Waals surface area contributed by atoms with Crippen molar-refractivity contribution in [2.45, 2.75) is 46.1 Å². The highest BCUT2D eigenvalue weighted by Crippen LogP contribution is 1.97. The van der Waals surface area contributed by atoms with Crippen molar-refractivity contribution in [1.29, 1.82) is 0 Å². The van der Waals surface area contributed by atoms with Gasteiger partial charge >= 0.3 is 0 Å². The van der Waals surface area contributed by atoms with Crippen LogP contribution in [-0.2, 0) is 9.53 Å². The molecule has 0 aromatic carbocycles. The Hall–Kier alpha value is -0.570. The molecular formula is C11H23NO2. The zero-order valence-corrected chi connectivity index (χ0v) is 9.88. The Morgan fingerprint density at radius 2 is 2.07 bits per heavy atom. The first-order chi connectivity index (χ1) is 6.57. The van der Waals surface area contributed by atoms with Gasteiger partial charge in [0.25, 0.3) is 0 Å². The molecule has 0 unspecified atom stereocenters. The van der Waals surface area contributed by atoms with E-state index in [4.69, 9.17) is 4.74 Å². The Bertz CT molecular complexity index is 157. The second-order valence-electron chi connectivity index (χ2n) is 3.84. The van der Waals surface area contributed by atoms with Gasteiger partial charge in [0.15, 0.2) is 0 Å². The zero-order valence-electron chi connectivity index (χ0n) is 9.88. The molecule has 0 fully saturated rings. The van der Waals surface area contributed by atoms with E-state index in [2.05, 4.69) is 0 Å². The van der Waals surface area contributed by atoms with Crippen molar-refractivity contribution in [3.63, 3.8) is 0 Å². The topological polar surface area (TPSA) is 29.5 Å². The molecule has 0 aromatic rings. The van der Waals surface area contributed by atoms with Crippen LogP contribution < -0.4 is 0 Å². The first-order valence-corrected chi connectivity index (χ1v) is 5.43. The fraction of sp³-hybridized carbons (Fsp3) is 0.909. The minimum absolute atomic E-state index is 0.233. The lowest BCUT2D eigenvalue weighted by Crippen LogP contribution is -2.28. The van der Waals surface area contributed by atoms with E-state index in [-0.39, 0.29) is 12.0 Å². The normalized spacial score (nSPS) is 10.6. The van der Waals surface area contributed by atoms with Crippen molar-refractivity contribution >= 4 is 5.91 Å². The molecular weight excluding hydrogens is 178 g/mol. The molecule has 3 nitrogen and oxygen atoms in total. The molecule has 0 aliphatic heterocycles. The molecule has 0 bridgehead atoms. The van der Waals surface area contributed by atoms with Gasteiger partial charge in [0.05, 0.1) is 6.10 Å². The van der Waals surface area contributed by atoms with Gasteiger partial charge in [0.1, 0.15) is 0 Å². The van der Waals surface area contributed by atoms with Gasteiger partial charge in [0.2, 0.25) is 5.91 Å². The van der Waals surface area contributed by atoms with E-state index < -0.39 is 0 Å². The van der Waals surface area contributed by atoms with Gasteiger partial charge in [-0.1, -0.05) is 6.92 Å². The van der Waals surface area contributed by atoms with Crippen LogP contribution >= 0.6 is 0 Å². The van der Waals surface area contributed by atoms with Gasteiger partial charge in [-0.15, -0.1) is 0 Å². The van der Waals surface area contributed by atoms with Gasteiger partial charge in [0, 0.05) is 26.6 Å². The number of hydrogen-bond acceptors (Lipinski definition) is 2. The van der Waals surface area contributed by atoms with Crippen LogP contribution in [0.25, 0.3) is 0 Å². The second-order valence-corrected chi connectivity index (χ2v) is 3.84. The van der Waals surface area contributed by atoms with Crippen LogP contribution in [0.3, 0.4) is 0 Å². The summed E-state index contributed by atoms with van der Waals surface area (Å²) in [4.78, 5) is 13.1. The van der Waals surface area contributed by atoms with Crippen molar-refractivity contribution in [1.82, 2.24) is 4.90 Å². The SMILES string of the molecule is CCCC(=O)N(C)CCCOC(C)C. The minimum Gasteiger partial charge on any atom is -0.379 e. The molecule has 0 aromatic heterocycles. The average Bonchev–Trinajstić information content (AvgIpc) is 2.12. The maximum absolute atomic E-state index is 11.4. The van der Waals surface area contributed by atoms with Crippen molar-refractivity contribution in [2.24, 2.45) is 0 Å². The Kier molecular flexibility index (Phi) is 7.48. The molecule has 0 N–H and O–H groups in total. The molecule has 0 aliphatic rings.